The molecule has 36 heavy (non-hydrogen) atoms. The van der Waals surface area contributed by atoms with Crippen molar-refractivity contribution in [1.82, 2.24) is 0 Å². The van der Waals surface area contributed by atoms with Gasteiger partial charge >= 0.3 is 17.9 Å². The summed E-state index contributed by atoms with van der Waals surface area (Å²) in [4.78, 5) is 51.3. The number of Topliss-reactive ketones (excluding diaryl/α,β-unsaturated/α-hetero) is 1. The van der Waals surface area contributed by atoms with Crippen molar-refractivity contribution in [2.75, 3.05) is 6.61 Å². The van der Waals surface area contributed by atoms with Crippen molar-refractivity contribution >= 4 is 23.7 Å². The number of carbonyl (C=O) groups is 4. The van der Waals surface area contributed by atoms with Gasteiger partial charge in [0.05, 0.1) is 17.7 Å². The predicted octanol–water partition coefficient (Wildman–Crippen LogP) is 6.69. The van der Waals surface area contributed by atoms with Crippen LogP contribution in [-0.4, -0.2) is 35.4 Å². The molecular weight excluding hydrogens is 464 g/mol. The average molecular weight is 507 g/mol. The number of esters is 3. The van der Waals surface area contributed by atoms with Crippen LogP contribution < -0.4 is 9.47 Å². The van der Waals surface area contributed by atoms with Gasteiger partial charge in [-0.1, -0.05) is 66.2 Å². The van der Waals surface area contributed by atoms with E-state index in [1.165, 1.54) is 0 Å². The Hall–Kier alpha value is -2.90. The third-order valence-electron chi connectivity index (χ3n) is 5.56. The zero-order valence-corrected chi connectivity index (χ0v) is 22.3. The minimum Gasteiger partial charge on any atom is -0.504 e. The van der Waals surface area contributed by atoms with E-state index < -0.39 is 40.9 Å². The van der Waals surface area contributed by atoms with Gasteiger partial charge in [0.2, 0.25) is 5.75 Å². The van der Waals surface area contributed by atoms with E-state index in [-0.39, 0.29) is 37.0 Å². The van der Waals surface area contributed by atoms with Crippen LogP contribution >= 0.6 is 0 Å². The van der Waals surface area contributed by atoms with E-state index in [9.17, 15) is 24.3 Å². The fourth-order valence-electron chi connectivity index (χ4n) is 3.56. The van der Waals surface area contributed by atoms with E-state index in [4.69, 9.17) is 14.2 Å². The van der Waals surface area contributed by atoms with Crippen molar-refractivity contribution < 1.29 is 38.5 Å². The molecular formula is C28H42O8. The molecule has 0 saturated heterocycles. The van der Waals surface area contributed by atoms with Gasteiger partial charge in [0.15, 0.2) is 17.3 Å². The summed E-state index contributed by atoms with van der Waals surface area (Å²) in [6.07, 6.45) is 7.67. The van der Waals surface area contributed by atoms with Crippen LogP contribution in [0.4, 0.5) is 0 Å². The zero-order chi connectivity index (χ0) is 26.9. The molecule has 0 spiro atoms. The third kappa shape index (κ3) is 10.4. The Morgan fingerprint density at radius 1 is 0.694 bits per heavy atom. The Morgan fingerprint density at radius 3 is 1.69 bits per heavy atom. The van der Waals surface area contributed by atoms with Gasteiger partial charge in [0, 0.05) is 19.3 Å². The number of phenols is 1. The Morgan fingerprint density at radius 2 is 1.19 bits per heavy atom. The van der Waals surface area contributed by atoms with Crippen molar-refractivity contribution in [2.45, 2.75) is 111 Å². The van der Waals surface area contributed by atoms with Gasteiger partial charge in [-0.15, -0.1) is 0 Å². The fraction of sp³-hybridized carbons (Fsp3) is 0.643. The summed E-state index contributed by atoms with van der Waals surface area (Å²) in [7, 11) is 0. The Bertz CT molecular complexity index is 875. The van der Waals surface area contributed by atoms with Gasteiger partial charge in [0.1, 0.15) is 0 Å². The first-order chi connectivity index (χ1) is 17.3. The second kappa shape index (κ2) is 17.5. The number of benzene rings is 1. The summed E-state index contributed by atoms with van der Waals surface area (Å²) in [5.41, 5.74) is -0.421. The molecule has 0 heterocycles. The number of phenolic OH excluding ortho intramolecular Hbond substituents is 1. The van der Waals surface area contributed by atoms with Crippen molar-refractivity contribution in [2.24, 2.45) is 0 Å². The highest BCUT2D eigenvalue weighted by atomic mass is 16.6. The first-order valence-electron chi connectivity index (χ1n) is 13.3. The largest absolute Gasteiger partial charge is 0.504 e. The fourth-order valence-corrected chi connectivity index (χ4v) is 3.56. The zero-order valence-electron chi connectivity index (χ0n) is 22.3. The van der Waals surface area contributed by atoms with Gasteiger partial charge in [-0.3, -0.25) is 14.4 Å². The summed E-state index contributed by atoms with van der Waals surface area (Å²) in [6.45, 7) is 7.94. The second-order valence-electron chi connectivity index (χ2n) is 8.86. The smallest absolute Gasteiger partial charge is 0.339 e. The van der Waals surface area contributed by atoms with Gasteiger partial charge in [-0.25, -0.2) is 4.79 Å². The van der Waals surface area contributed by atoms with Crippen molar-refractivity contribution in [3.63, 3.8) is 0 Å². The number of unbranched alkanes of at least 4 members (excludes halogenated alkanes) is 6. The molecule has 0 aromatic heterocycles. The quantitative estimate of drug-likeness (QED) is 0.101. The molecule has 0 fully saturated rings. The van der Waals surface area contributed by atoms with Gasteiger partial charge < -0.3 is 19.3 Å². The molecule has 0 aliphatic carbocycles. The Labute approximate surface area is 214 Å². The molecule has 1 N–H and O–H groups in total. The van der Waals surface area contributed by atoms with Crippen LogP contribution in [0.25, 0.3) is 0 Å². The number of ether oxygens (including phenoxy) is 3. The highest BCUT2D eigenvalue weighted by Gasteiger charge is 2.31. The topological polar surface area (TPSA) is 116 Å². The van der Waals surface area contributed by atoms with Crippen LogP contribution in [0.1, 0.15) is 132 Å². The van der Waals surface area contributed by atoms with Crippen LogP contribution in [0, 0.1) is 0 Å². The molecule has 0 amide bonds. The lowest BCUT2D eigenvalue weighted by atomic mass is 9.97. The molecule has 0 unspecified atom stereocenters. The van der Waals surface area contributed by atoms with Gasteiger partial charge in [0.25, 0.3) is 0 Å². The Balaban J connectivity index is 3.57. The third-order valence-corrected chi connectivity index (χ3v) is 5.56. The number of ketones is 1. The molecule has 0 atom stereocenters. The highest BCUT2D eigenvalue weighted by molar-refractivity contribution is 6.10. The number of hydrogen-bond donors (Lipinski definition) is 1. The maximum absolute atomic E-state index is 13.3. The van der Waals surface area contributed by atoms with E-state index in [1.54, 1.807) is 0 Å². The Kier molecular flexibility index (Phi) is 15.1. The summed E-state index contributed by atoms with van der Waals surface area (Å²) in [5, 5.41) is 10.7. The number of aromatic hydroxyl groups is 1. The van der Waals surface area contributed by atoms with Crippen LogP contribution in [0.3, 0.4) is 0 Å². The maximum Gasteiger partial charge on any atom is 0.339 e. The van der Waals surface area contributed by atoms with Gasteiger partial charge in [-0.05, 0) is 31.7 Å². The molecule has 202 valence electrons. The summed E-state index contributed by atoms with van der Waals surface area (Å²) in [5.74, 6) is -3.96. The lowest BCUT2D eigenvalue weighted by Crippen LogP contribution is -2.19. The van der Waals surface area contributed by atoms with Crippen LogP contribution in [0.5, 0.6) is 17.2 Å². The minimum absolute atomic E-state index is 0.0759. The molecule has 8 heteroatoms. The average Bonchev–Trinajstić information content (AvgIpc) is 2.84. The predicted molar refractivity (Wildman–Crippen MR) is 137 cm³/mol. The molecule has 0 saturated carbocycles. The van der Waals surface area contributed by atoms with Crippen LogP contribution in [0.15, 0.2) is 6.07 Å². The molecule has 1 rings (SSSR count). The van der Waals surface area contributed by atoms with Crippen molar-refractivity contribution in [3.8, 4) is 17.2 Å². The lowest BCUT2D eigenvalue weighted by Gasteiger charge is -2.18. The standard InChI is InChI=1S/C28H42O8/c1-5-9-12-15-21(29)25-20(28(33)34-18-8-4)19-22(30)26(35-23(31)16-13-10-6-2)27(25)36-24(32)17-14-11-7-3/h19,30H,5-18H2,1-4H3. The number of carbonyl (C=O) groups excluding carboxylic acids is 4. The first kappa shape index (κ1) is 31.1. The van der Waals surface area contributed by atoms with E-state index >= 15 is 0 Å². The van der Waals surface area contributed by atoms with E-state index in [1.807, 2.05) is 27.7 Å². The molecule has 1 aromatic rings. The van der Waals surface area contributed by atoms with E-state index in [0.717, 1.165) is 44.6 Å². The molecule has 0 radical (unpaired) electrons. The molecule has 8 nitrogen and oxygen atoms in total. The highest BCUT2D eigenvalue weighted by Crippen LogP contribution is 2.43. The molecule has 1 aromatic carbocycles. The normalized spacial score (nSPS) is 10.7. The summed E-state index contributed by atoms with van der Waals surface area (Å²) >= 11 is 0. The summed E-state index contributed by atoms with van der Waals surface area (Å²) in [6, 6.07) is 1.05. The SMILES string of the molecule is CCCCCC(=O)Oc1c(O)cc(C(=O)OCCC)c(C(=O)CCCCC)c1OC(=O)CCCCC. The van der Waals surface area contributed by atoms with E-state index in [0.29, 0.717) is 25.7 Å². The molecule has 0 aliphatic heterocycles. The van der Waals surface area contributed by atoms with Crippen molar-refractivity contribution in [1.29, 1.82) is 0 Å². The van der Waals surface area contributed by atoms with E-state index in [2.05, 4.69) is 0 Å². The number of rotatable bonds is 18. The van der Waals surface area contributed by atoms with Crippen LogP contribution in [-0.2, 0) is 14.3 Å². The monoisotopic (exact) mass is 506 g/mol. The molecule has 0 bridgehead atoms. The van der Waals surface area contributed by atoms with Crippen LogP contribution in [0.2, 0.25) is 0 Å². The molecule has 0 aliphatic rings. The maximum atomic E-state index is 13.3. The van der Waals surface area contributed by atoms with Crippen molar-refractivity contribution in [3.05, 3.63) is 17.2 Å². The first-order valence-corrected chi connectivity index (χ1v) is 13.3. The number of hydrogen-bond acceptors (Lipinski definition) is 8. The minimum atomic E-state index is -0.824. The van der Waals surface area contributed by atoms with Gasteiger partial charge in [-0.2, -0.15) is 0 Å². The summed E-state index contributed by atoms with van der Waals surface area (Å²) < 4.78 is 16.2. The second-order valence-corrected chi connectivity index (χ2v) is 8.86. The lowest BCUT2D eigenvalue weighted by molar-refractivity contribution is -0.137.